The van der Waals surface area contributed by atoms with Gasteiger partial charge in [-0.2, -0.15) is 5.10 Å². The van der Waals surface area contributed by atoms with Gasteiger partial charge in [-0.1, -0.05) is 33.6 Å². The number of anilines is 1. The van der Waals surface area contributed by atoms with Crippen LogP contribution >= 0.6 is 0 Å². The molecule has 1 rings (SSSR count). The van der Waals surface area contributed by atoms with Gasteiger partial charge in [0, 0.05) is 19.2 Å². The smallest absolute Gasteiger partial charge is 0.124 e. The molecule has 0 amide bonds. The Balaban J connectivity index is 2.53. The molecule has 16 heavy (non-hydrogen) atoms. The maximum Gasteiger partial charge on any atom is 0.124 e. The second kappa shape index (κ2) is 6.56. The second-order valence-electron chi connectivity index (χ2n) is 4.88. The molecule has 0 bridgehead atoms. The number of nitrogens with zero attached hydrogens (tertiary/aromatic N) is 2. The van der Waals surface area contributed by atoms with Crippen molar-refractivity contribution in [3.63, 3.8) is 0 Å². The number of hydrogen-bond donors (Lipinski definition) is 1. The van der Waals surface area contributed by atoms with E-state index in [2.05, 4.69) is 48.9 Å². The number of aromatic nitrogens is 2. The summed E-state index contributed by atoms with van der Waals surface area (Å²) < 4.78 is 2.10. The van der Waals surface area contributed by atoms with E-state index in [1.165, 1.54) is 25.1 Å². The molecule has 0 aliphatic heterocycles. The summed E-state index contributed by atoms with van der Waals surface area (Å²) in [5.74, 6) is 1.83. The highest BCUT2D eigenvalue weighted by atomic mass is 15.3. The summed E-state index contributed by atoms with van der Waals surface area (Å²) in [5, 5.41) is 7.98. The van der Waals surface area contributed by atoms with Gasteiger partial charge in [0.15, 0.2) is 0 Å². The molecule has 1 aromatic heterocycles. The molecule has 1 N–H and O–H groups in total. The molecule has 0 radical (unpaired) electrons. The molecule has 0 saturated carbocycles. The van der Waals surface area contributed by atoms with Crippen molar-refractivity contribution in [3.8, 4) is 0 Å². The summed E-state index contributed by atoms with van der Waals surface area (Å²) in [7, 11) is 0. The van der Waals surface area contributed by atoms with Gasteiger partial charge in [0.25, 0.3) is 0 Å². The Labute approximate surface area is 99.2 Å². The van der Waals surface area contributed by atoms with E-state index in [1.807, 2.05) is 0 Å². The fraction of sp³-hybridized carbons (Fsp3) is 0.769. The van der Waals surface area contributed by atoms with Crippen LogP contribution in [0.3, 0.4) is 0 Å². The molecule has 3 nitrogen and oxygen atoms in total. The summed E-state index contributed by atoms with van der Waals surface area (Å²) in [4.78, 5) is 0. The molecule has 92 valence electrons. The molecule has 0 spiro atoms. The standard InChI is InChI=1S/C13H25N3/c1-5-6-7-8-16-13(9-12(4)15-16)14-10-11(2)3/h9,11,14H,5-8,10H2,1-4H3. The first-order valence-corrected chi connectivity index (χ1v) is 6.41. The van der Waals surface area contributed by atoms with Crippen LogP contribution in [-0.4, -0.2) is 16.3 Å². The third kappa shape index (κ3) is 4.25. The molecule has 0 aliphatic carbocycles. The summed E-state index contributed by atoms with van der Waals surface area (Å²) >= 11 is 0. The largest absolute Gasteiger partial charge is 0.370 e. The Hall–Kier alpha value is -0.990. The second-order valence-corrected chi connectivity index (χ2v) is 4.88. The topological polar surface area (TPSA) is 29.9 Å². The number of hydrogen-bond acceptors (Lipinski definition) is 2. The van der Waals surface area contributed by atoms with E-state index in [-0.39, 0.29) is 0 Å². The van der Waals surface area contributed by atoms with E-state index < -0.39 is 0 Å². The Morgan fingerprint density at radius 3 is 2.75 bits per heavy atom. The maximum atomic E-state index is 4.51. The third-order valence-electron chi connectivity index (χ3n) is 2.57. The van der Waals surface area contributed by atoms with E-state index in [1.54, 1.807) is 0 Å². The van der Waals surface area contributed by atoms with Crippen molar-refractivity contribution in [1.29, 1.82) is 0 Å². The quantitative estimate of drug-likeness (QED) is 0.717. The van der Waals surface area contributed by atoms with Crippen molar-refractivity contribution in [2.24, 2.45) is 5.92 Å². The first-order chi connectivity index (χ1) is 7.63. The van der Waals surface area contributed by atoms with Crippen LogP contribution < -0.4 is 5.32 Å². The predicted octanol–water partition coefficient (Wildman–Crippen LogP) is 3.45. The summed E-state index contributed by atoms with van der Waals surface area (Å²) in [6.45, 7) is 10.8. The highest BCUT2D eigenvalue weighted by Gasteiger charge is 2.05. The average molecular weight is 223 g/mol. The van der Waals surface area contributed by atoms with Gasteiger partial charge in [-0.3, -0.25) is 0 Å². The van der Waals surface area contributed by atoms with E-state index in [4.69, 9.17) is 0 Å². The molecule has 1 aromatic rings. The molecule has 1 heterocycles. The third-order valence-corrected chi connectivity index (χ3v) is 2.57. The Morgan fingerprint density at radius 1 is 1.38 bits per heavy atom. The van der Waals surface area contributed by atoms with Crippen molar-refractivity contribution < 1.29 is 0 Å². The van der Waals surface area contributed by atoms with Crippen LogP contribution in [-0.2, 0) is 6.54 Å². The summed E-state index contributed by atoms with van der Waals surface area (Å²) in [5.41, 5.74) is 1.10. The Morgan fingerprint density at radius 2 is 2.12 bits per heavy atom. The van der Waals surface area contributed by atoms with Crippen LogP contribution in [0.15, 0.2) is 6.07 Å². The minimum absolute atomic E-state index is 0.666. The molecule has 0 aromatic carbocycles. The van der Waals surface area contributed by atoms with Gasteiger partial charge in [-0.25, -0.2) is 4.68 Å². The van der Waals surface area contributed by atoms with Crippen LogP contribution in [0.1, 0.15) is 45.7 Å². The summed E-state index contributed by atoms with van der Waals surface area (Å²) in [6, 6.07) is 2.13. The van der Waals surface area contributed by atoms with E-state index in [0.29, 0.717) is 5.92 Å². The highest BCUT2D eigenvalue weighted by molar-refractivity contribution is 5.36. The number of aryl methyl sites for hydroxylation is 2. The van der Waals surface area contributed by atoms with Crippen LogP contribution in [0.2, 0.25) is 0 Å². The SMILES string of the molecule is CCCCCn1nc(C)cc1NCC(C)C. The van der Waals surface area contributed by atoms with Gasteiger partial charge in [0.1, 0.15) is 5.82 Å². The lowest BCUT2D eigenvalue weighted by atomic mass is 10.2. The highest BCUT2D eigenvalue weighted by Crippen LogP contribution is 2.12. The van der Waals surface area contributed by atoms with Gasteiger partial charge in [-0.05, 0) is 19.3 Å². The van der Waals surface area contributed by atoms with Crippen LogP contribution in [0, 0.1) is 12.8 Å². The van der Waals surface area contributed by atoms with E-state index >= 15 is 0 Å². The number of nitrogens with one attached hydrogen (secondary N) is 1. The zero-order valence-electron chi connectivity index (χ0n) is 11.1. The monoisotopic (exact) mass is 223 g/mol. The molecular formula is C13H25N3. The van der Waals surface area contributed by atoms with E-state index in [9.17, 15) is 0 Å². The maximum absolute atomic E-state index is 4.51. The first kappa shape index (κ1) is 13.1. The van der Waals surface area contributed by atoms with E-state index in [0.717, 1.165) is 18.8 Å². The zero-order valence-corrected chi connectivity index (χ0v) is 11.1. The van der Waals surface area contributed by atoms with Crippen molar-refractivity contribution in [3.05, 3.63) is 11.8 Å². The average Bonchev–Trinajstić information content (AvgIpc) is 2.56. The van der Waals surface area contributed by atoms with Gasteiger partial charge in [0.05, 0.1) is 5.69 Å². The number of rotatable bonds is 7. The molecule has 0 fully saturated rings. The Bertz CT molecular complexity index is 302. The Kier molecular flexibility index (Phi) is 5.36. The van der Waals surface area contributed by atoms with Gasteiger partial charge in [0.2, 0.25) is 0 Å². The molecule has 0 aliphatic rings. The van der Waals surface area contributed by atoms with Gasteiger partial charge < -0.3 is 5.32 Å². The van der Waals surface area contributed by atoms with Crippen molar-refractivity contribution in [1.82, 2.24) is 9.78 Å². The minimum atomic E-state index is 0.666. The van der Waals surface area contributed by atoms with Gasteiger partial charge in [-0.15, -0.1) is 0 Å². The molecule has 0 unspecified atom stereocenters. The lowest BCUT2D eigenvalue weighted by molar-refractivity contribution is 0.551. The zero-order chi connectivity index (χ0) is 12.0. The lowest BCUT2D eigenvalue weighted by Gasteiger charge is -2.11. The normalized spacial score (nSPS) is 11.1. The molecular weight excluding hydrogens is 198 g/mol. The van der Waals surface area contributed by atoms with Gasteiger partial charge >= 0.3 is 0 Å². The van der Waals surface area contributed by atoms with Crippen LogP contribution in [0.5, 0.6) is 0 Å². The van der Waals surface area contributed by atoms with Crippen molar-refractivity contribution in [2.45, 2.75) is 53.5 Å². The number of unbranched alkanes of at least 4 members (excludes halogenated alkanes) is 2. The minimum Gasteiger partial charge on any atom is -0.370 e. The lowest BCUT2D eigenvalue weighted by Crippen LogP contribution is -2.12. The fourth-order valence-electron chi connectivity index (χ4n) is 1.68. The summed E-state index contributed by atoms with van der Waals surface area (Å²) in [6.07, 6.45) is 3.76. The van der Waals surface area contributed by atoms with Crippen LogP contribution in [0.25, 0.3) is 0 Å². The molecule has 0 saturated heterocycles. The predicted molar refractivity (Wildman–Crippen MR) is 69.8 cm³/mol. The molecule has 3 heteroatoms. The molecule has 0 atom stereocenters. The first-order valence-electron chi connectivity index (χ1n) is 6.41. The van der Waals surface area contributed by atoms with Crippen molar-refractivity contribution in [2.75, 3.05) is 11.9 Å². The van der Waals surface area contributed by atoms with Crippen LogP contribution in [0.4, 0.5) is 5.82 Å². The fourth-order valence-corrected chi connectivity index (χ4v) is 1.68. The van der Waals surface area contributed by atoms with Crippen molar-refractivity contribution >= 4 is 5.82 Å².